The summed E-state index contributed by atoms with van der Waals surface area (Å²) < 4.78 is 111. The summed E-state index contributed by atoms with van der Waals surface area (Å²) >= 11 is 0. The lowest BCUT2D eigenvalue weighted by Gasteiger charge is -2.46. The third kappa shape index (κ3) is 10.6. The van der Waals surface area contributed by atoms with E-state index in [1.807, 2.05) is 24.3 Å². The quantitative estimate of drug-likeness (QED) is 0.111. The van der Waals surface area contributed by atoms with Crippen molar-refractivity contribution in [3.8, 4) is 61.3 Å². The van der Waals surface area contributed by atoms with Crippen molar-refractivity contribution in [1.29, 1.82) is 0 Å². The summed E-state index contributed by atoms with van der Waals surface area (Å²) in [7, 11) is 0. The molecule has 546 valence electrons. The largest absolute Gasteiger partial charge is 0.310 e. The van der Waals surface area contributed by atoms with Gasteiger partial charge in [-0.15, -0.1) is 0 Å². The molecule has 0 fully saturated rings. The maximum atomic E-state index is 10.9. The van der Waals surface area contributed by atoms with Gasteiger partial charge in [0.25, 0.3) is 6.71 Å². The lowest BCUT2D eigenvalue weighted by molar-refractivity contribution is 0.590. The van der Waals surface area contributed by atoms with Crippen molar-refractivity contribution in [2.75, 3.05) is 9.80 Å². The van der Waals surface area contributed by atoms with E-state index >= 15 is 0 Å². The van der Waals surface area contributed by atoms with Gasteiger partial charge in [-0.1, -0.05) is 339 Å². The normalized spacial score (nSPS) is 14.2. The van der Waals surface area contributed by atoms with Crippen LogP contribution in [0.15, 0.2) is 376 Å². The van der Waals surface area contributed by atoms with Crippen LogP contribution in [-0.2, 0) is 10.8 Å². The Morgan fingerprint density at radius 1 is 0.250 bits per heavy atom. The fraction of sp³-hybridized carbons (Fsp3) is 0.0714. The third-order valence-corrected chi connectivity index (χ3v) is 24.8. The minimum absolute atomic E-state index is 0.00480. The van der Waals surface area contributed by atoms with Crippen LogP contribution >= 0.6 is 0 Å². The Balaban J connectivity index is 0.915. The van der Waals surface area contributed by atoms with Gasteiger partial charge in [0.05, 0.1) is 37.5 Å². The second kappa shape index (κ2) is 25.7. The molecule has 20 aromatic carbocycles. The Kier molecular flexibility index (Phi) is 12.7. The highest BCUT2D eigenvalue weighted by Gasteiger charge is 2.47. The predicted octanol–water partition coefficient (Wildman–Crippen LogP) is 29.0. The maximum absolute atomic E-state index is 10.9. The van der Waals surface area contributed by atoms with E-state index in [4.69, 9.17) is 0 Å². The van der Waals surface area contributed by atoms with E-state index in [0.717, 1.165) is 170 Å². The van der Waals surface area contributed by atoms with E-state index in [1.54, 1.807) is 4.57 Å². The SMILES string of the molecule is [2H]c1c([2H])c(-c2ccc3c(ccc4ccccc43)c2)c(N2c3ccc(-c4ccccc4)cc3B3c4ccc(-n5c6c([2H])c([2H])c([2H])c([2H])c6c6c([2H])c([2H])c([2H])c([2H])c65)cc4N(c4c(-c5ccc6c(ccc7ccccc76)c5)cc(C(C)(C)C)cc4-c4ccc5c(ccc6ccccc65)c4)c4cc(C(C)(C)C)cc2c43)c(-c2ccc3c(ccc4ccccc43)c2)c1[2H]. The van der Waals surface area contributed by atoms with E-state index in [1.165, 1.54) is 0 Å². The van der Waals surface area contributed by atoms with E-state index in [0.29, 0.717) is 39.3 Å². The van der Waals surface area contributed by atoms with Crippen LogP contribution in [-0.4, -0.2) is 11.3 Å². The van der Waals surface area contributed by atoms with Gasteiger partial charge in [-0.2, -0.15) is 0 Å². The Morgan fingerprint density at radius 3 is 1.09 bits per heavy atom. The molecule has 21 aromatic rings. The van der Waals surface area contributed by atoms with Crippen LogP contribution in [0, 0.1) is 0 Å². The number of hydrogen-bond acceptors (Lipinski definition) is 2. The fourth-order valence-corrected chi connectivity index (χ4v) is 19.0. The summed E-state index contributed by atoms with van der Waals surface area (Å²) in [5, 5.41) is 17.0. The smallest absolute Gasteiger partial charge is 0.252 e. The first-order valence-corrected chi connectivity index (χ1v) is 40.0. The first kappa shape index (κ1) is 57.0. The molecular weight excluding hydrogens is 1400 g/mol. The number of rotatable bonds is 8. The molecule has 2 aliphatic heterocycles. The zero-order chi connectivity index (χ0) is 87.0. The van der Waals surface area contributed by atoms with Crippen molar-refractivity contribution in [3.63, 3.8) is 0 Å². The van der Waals surface area contributed by atoms with Crippen molar-refractivity contribution in [2.45, 2.75) is 52.4 Å². The van der Waals surface area contributed by atoms with Crippen molar-refractivity contribution in [2.24, 2.45) is 0 Å². The van der Waals surface area contributed by atoms with Crippen molar-refractivity contribution < 1.29 is 15.1 Å². The number of benzene rings is 20. The Labute approximate surface area is 691 Å². The van der Waals surface area contributed by atoms with Gasteiger partial charge in [0.1, 0.15) is 0 Å². The summed E-state index contributed by atoms with van der Waals surface area (Å²) in [6.45, 7) is 12.8. The topological polar surface area (TPSA) is 11.4 Å². The molecule has 2 aliphatic rings. The van der Waals surface area contributed by atoms with E-state index < -0.39 is 65.9 Å². The number of fused-ring (bicyclic) bond motifs is 19. The zero-order valence-corrected chi connectivity index (χ0v) is 64.9. The predicted molar refractivity (Wildman–Crippen MR) is 499 cm³/mol. The van der Waals surface area contributed by atoms with Gasteiger partial charge < -0.3 is 14.4 Å². The molecule has 0 spiro atoms. The van der Waals surface area contributed by atoms with Gasteiger partial charge in [-0.25, -0.2) is 0 Å². The highest BCUT2D eigenvalue weighted by Crippen LogP contribution is 2.56. The van der Waals surface area contributed by atoms with Crippen LogP contribution in [0.3, 0.4) is 0 Å². The molecule has 116 heavy (non-hydrogen) atoms. The number of hydrogen-bond donors (Lipinski definition) is 0. The standard InChI is InChI=1S/C112H80BN3/c1-111(2,3)83-64-98(81-49-55-92-77(61-81)45-41-72-27-12-16-31-88(72)92)110(99(65-83)82-50-56-93-78(62-82)46-42-73-28-13-17-32-89(73)93)116-105-68-85(114-102-37-20-18-33-96(102)97-34-19-21-38-103(97)114)52-57-100(105)113-101-63-74(69-23-8-7-9-24-69)51-58-104(101)115(106-66-84(112(4,5)6)67-107(116)108(106)113)109-94(79-47-53-90-75(59-79)43-39-70-25-10-14-29-86(70)90)35-22-36-95(109)80-48-54-91-76(60-80)44-40-71-26-11-15-30-87(71)91/h7-68H,1-6H3/i18D,19D,20D,21D,22D,33D,34D,35D,36D,37D,38D. The average Bonchev–Trinajstić information content (AvgIpc) is 1.65. The second-order valence-electron chi connectivity index (χ2n) is 33.5. The summed E-state index contributed by atoms with van der Waals surface area (Å²) in [6.07, 6.45) is 0. The molecule has 0 radical (unpaired) electrons. The number of nitrogens with zero attached hydrogens (tertiary/aromatic N) is 3. The van der Waals surface area contributed by atoms with Gasteiger partial charge in [0.2, 0.25) is 0 Å². The van der Waals surface area contributed by atoms with Crippen LogP contribution in [0.5, 0.6) is 0 Å². The summed E-state index contributed by atoms with van der Waals surface area (Å²) in [5.41, 5.74) is 16.0. The maximum Gasteiger partial charge on any atom is 0.252 e. The molecule has 0 saturated carbocycles. The summed E-state index contributed by atoms with van der Waals surface area (Å²) in [5.74, 6) is 0. The molecule has 0 saturated heterocycles. The molecular formula is C112H80BN3. The highest BCUT2D eigenvalue weighted by molar-refractivity contribution is 7.00. The van der Waals surface area contributed by atoms with Crippen LogP contribution < -0.4 is 26.2 Å². The van der Waals surface area contributed by atoms with Crippen LogP contribution in [0.25, 0.3) is 169 Å². The van der Waals surface area contributed by atoms with E-state index in [2.05, 4.69) is 336 Å². The summed E-state index contributed by atoms with van der Waals surface area (Å²) in [6, 6.07) is 106. The minimum atomic E-state index is -0.679. The minimum Gasteiger partial charge on any atom is -0.310 e. The molecule has 0 bridgehead atoms. The molecule has 0 unspecified atom stereocenters. The van der Waals surface area contributed by atoms with Gasteiger partial charge >= 0.3 is 0 Å². The summed E-state index contributed by atoms with van der Waals surface area (Å²) in [4.78, 5) is 4.77. The lowest BCUT2D eigenvalue weighted by atomic mass is 9.33. The van der Waals surface area contributed by atoms with Gasteiger partial charge in [-0.3, -0.25) is 0 Å². The number of para-hydroxylation sites is 3. The molecule has 0 atom stereocenters. The third-order valence-electron chi connectivity index (χ3n) is 24.8. The van der Waals surface area contributed by atoms with Crippen molar-refractivity contribution in [1.82, 2.24) is 4.57 Å². The molecule has 0 amide bonds. The number of aromatic nitrogens is 1. The molecule has 3 nitrogen and oxygen atoms in total. The Bertz CT molecular complexity index is 8110. The second-order valence-corrected chi connectivity index (χ2v) is 33.5. The van der Waals surface area contributed by atoms with Crippen molar-refractivity contribution >= 4 is 165 Å². The van der Waals surface area contributed by atoms with Gasteiger partial charge in [0.15, 0.2) is 0 Å². The molecule has 23 rings (SSSR count). The van der Waals surface area contributed by atoms with Gasteiger partial charge in [0, 0.05) is 61.5 Å². The molecule has 3 heterocycles. The van der Waals surface area contributed by atoms with E-state index in [9.17, 15) is 15.1 Å². The number of anilines is 6. The van der Waals surface area contributed by atoms with Crippen LogP contribution in [0.1, 0.15) is 67.7 Å². The molecule has 0 N–H and O–H groups in total. The molecule has 4 heteroatoms. The zero-order valence-electron chi connectivity index (χ0n) is 75.9. The monoisotopic (exact) mass is 1490 g/mol. The van der Waals surface area contributed by atoms with E-state index in [-0.39, 0.29) is 39.9 Å². The van der Waals surface area contributed by atoms with Gasteiger partial charge in [-0.05, 0) is 237 Å². The van der Waals surface area contributed by atoms with Crippen molar-refractivity contribution in [3.05, 3.63) is 387 Å². The van der Waals surface area contributed by atoms with Crippen LogP contribution in [0.4, 0.5) is 34.1 Å². The fourth-order valence-electron chi connectivity index (χ4n) is 19.0. The van der Waals surface area contributed by atoms with Crippen LogP contribution in [0.2, 0.25) is 0 Å². The molecule has 0 aliphatic carbocycles. The average molecular weight is 1490 g/mol. The molecule has 1 aromatic heterocycles. The Morgan fingerprint density at radius 2 is 0.629 bits per heavy atom. The lowest BCUT2D eigenvalue weighted by Crippen LogP contribution is -2.61. The Hall–Kier alpha value is -14.1. The first-order valence-electron chi connectivity index (χ1n) is 45.5. The highest BCUT2D eigenvalue weighted by atomic mass is 15.2. The first-order chi connectivity index (χ1) is 61.3.